The Kier molecular flexibility index (Phi) is 2.47. The minimum Gasteiger partial charge on any atom is -0.481 e. The van der Waals surface area contributed by atoms with Crippen LogP contribution < -0.4 is 0 Å². The molecule has 12 heavy (non-hydrogen) atoms. The third kappa shape index (κ3) is 1.84. The minimum atomic E-state index is -0.782. The molecule has 1 aromatic rings. The van der Waals surface area contributed by atoms with Gasteiger partial charge in [0, 0.05) is 18.4 Å². The van der Waals surface area contributed by atoms with Crippen molar-refractivity contribution >= 4 is 5.97 Å². The molecule has 1 rings (SSSR count). The molecule has 0 spiro atoms. The fraction of sp³-hybridized carbons (Fsp3) is 0.500. The van der Waals surface area contributed by atoms with Gasteiger partial charge in [-0.25, -0.2) is 4.98 Å². The first-order valence-corrected chi connectivity index (χ1v) is 3.82. The lowest BCUT2D eigenvalue weighted by Crippen LogP contribution is -2.10. The molecule has 0 aliphatic carbocycles. The maximum atomic E-state index is 10.4. The first-order valence-electron chi connectivity index (χ1n) is 3.82. The summed E-state index contributed by atoms with van der Waals surface area (Å²) in [6.45, 7) is 3.72. The predicted molar refractivity (Wildman–Crippen MR) is 43.9 cm³/mol. The van der Waals surface area contributed by atoms with E-state index in [2.05, 4.69) is 4.98 Å². The zero-order chi connectivity index (χ0) is 9.14. The Hall–Kier alpha value is -1.32. The third-order valence-electron chi connectivity index (χ3n) is 1.81. The Morgan fingerprint density at radius 1 is 1.83 bits per heavy atom. The molecule has 0 aromatic carbocycles. The van der Waals surface area contributed by atoms with Gasteiger partial charge in [0.15, 0.2) is 0 Å². The minimum absolute atomic E-state index is 0.0231. The van der Waals surface area contributed by atoms with E-state index < -0.39 is 5.97 Å². The standard InChI is InChI=1S/C8H12N2O2/c1-6(5-8(11)12)10-4-3-9-7(10)2/h3-4,6H,5H2,1-2H3,(H,11,12)/t6-/m0/s1. The molecule has 1 N–H and O–H groups in total. The van der Waals surface area contributed by atoms with Gasteiger partial charge in [-0.3, -0.25) is 4.79 Å². The number of nitrogens with zero attached hydrogens (tertiary/aromatic N) is 2. The van der Waals surface area contributed by atoms with Crippen LogP contribution in [-0.4, -0.2) is 20.6 Å². The van der Waals surface area contributed by atoms with Gasteiger partial charge in [-0.15, -0.1) is 0 Å². The third-order valence-corrected chi connectivity index (χ3v) is 1.81. The highest BCUT2D eigenvalue weighted by molar-refractivity contribution is 5.67. The van der Waals surface area contributed by atoms with E-state index in [0.29, 0.717) is 0 Å². The Labute approximate surface area is 70.9 Å². The van der Waals surface area contributed by atoms with Crippen molar-refractivity contribution in [2.75, 3.05) is 0 Å². The van der Waals surface area contributed by atoms with Gasteiger partial charge in [-0.2, -0.15) is 0 Å². The SMILES string of the molecule is Cc1nccn1[C@@H](C)CC(=O)O. The maximum absolute atomic E-state index is 10.4. The van der Waals surface area contributed by atoms with Crippen molar-refractivity contribution in [1.29, 1.82) is 0 Å². The molecule has 0 saturated carbocycles. The largest absolute Gasteiger partial charge is 0.481 e. The van der Waals surface area contributed by atoms with Gasteiger partial charge in [-0.05, 0) is 13.8 Å². The normalized spacial score (nSPS) is 12.8. The fourth-order valence-corrected chi connectivity index (χ4v) is 1.20. The number of carbonyl (C=O) groups is 1. The molecular formula is C8H12N2O2. The van der Waals surface area contributed by atoms with Gasteiger partial charge in [-0.1, -0.05) is 0 Å². The van der Waals surface area contributed by atoms with Crippen LogP contribution in [0.2, 0.25) is 0 Å². The molecule has 0 fully saturated rings. The topological polar surface area (TPSA) is 55.1 Å². The zero-order valence-corrected chi connectivity index (χ0v) is 7.19. The predicted octanol–water partition coefficient (Wildman–Crippen LogP) is 1.23. The Balaban J connectivity index is 2.71. The molecule has 4 nitrogen and oxygen atoms in total. The van der Waals surface area contributed by atoms with Crippen molar-refractivity contribution in [3.8, 4) is 0 Å². The number of hydrogen-bond donors (Lipinski definition) is 1. The summed E-state index contributed by atoms with van der Waals surface area (Å²) in [7, 11) is 0. The molecule has 1 heterocycles. The van der Waals surface area contributed by atoms with Gasteiger partial charge >= 0.3 is 5.97 Å². The summed E-state index contributed by atoms with van der Waals surface area (Å²) in [4.78, 5) is 14.4. The Morgan fingerprint density at radius 3 is 2.92 bits per heavy atom. The lowest BCUT2D eigenvalue weighted by molar-refractivity contribution is -0.137. The quantitative estimate of drug-likeness (QED) is 0.738. The van der Waals surface area contributed by atoms with Crippen LogP contribution in [-0.2, 0) is 4.79 Å². The Morgan fingerprint density at radius 2 is 2.50 bits per heavy atom. The lowest BCUT2D eigenvalue weighted by atomic mass is 10.2. The zero-order valence-electron chi connectivity index (χ0n) is 7.19. The van der Waals surface area contributed by atoms with Crippen molar-refractivity contribution < 1.29 is 9.90 Å². The van der Waals surface area contributed by atoms with Gasteiger partial charge < -0.3 is 9.67 Å². The number of carboxylic acids is 1. The molecule has 1 atom stereocenters. The van der Waals surface area contributed by atoms with Crippen LogP contribution in [0.1, 0.15) is 25.2 Å². The molecule has 0 aliphatic rings. The number of rotatable bonds is 3. The summed E-state index contributed by atoms with van der Waals surface area (Å²) in [6, 6.07) is -0.0231. The smallest absolute Gasteiger partial charge is 0.305 e. The molecule has 1 aromatic heterocycles. The molecular weight excluding hydrogens is 156 g/mol. The highest BCUT2D eigenvalue weighted by Crippen LogP contribution is 2.11. The molecule has 0 saturated heterocycles. The van der Waals surface area contributed by atoms with Crippen LogP contribution in [0.15, 0.2) is 12.4 Å². The molecule has 66 valence electrons. The van der Waals surface area contributed by atoms with E-state index >= 15 is 0 Å². The second-order valence-corrected chi connectivity index (χ2v) is 2.83. The van der Waals surface area contributed by atoms with Crippen molar-refractivity contribution in [3.63, 3.8) is 0 Å². The van der Waals surface area contributed by atoms with Crippen LogP contribution in [0, 0.1) is 6.92 Å². The first kappa shape index (κ1) is 8.77. The van der Waals surface area contributed by atoms with Gasteiger partial charge in [0.1, 0.15) is 5.82 Å². The van der Waals surface area contributed by atoms with E-state index in [-0.39, 0.29) is 12.5 Å². The number of aromatic nitrogens is 2. The van der Waals surface area contributed by atoms with Gasteiger partial charge in [0.05, 0.1) is 6.42 Å². The monoisotopic (exact) mass is 168 g/mol. The van der Waals surface area contributed by atoms with Crippen molar-refractivity contribution in [1.82, 2.24) is 9.55 Å². The number of imidazole rings is 1. The lowest BCUT2D eigenvalue weighted by Gasteiger charge is -2.11. The number of aliphatic carboxylic acids is 1. The highest BCUT2D eigenvalue weighted by atomic mass is 16.4. The first-order chi connectivity index (χ1) is 5.61. The average molecular weight is 168 g/mol. The van der Waals surface area contributed by atoms with Crippen LogP contribution in [0.3, 0.4) is 0 Å². The summed E-state index contributed by atoms with van der Waals surface area (Å²) >= 11 is 0. The van der Waals surface area contributed by atoms with Gasteiger partial charge in [0.2, 0.25) is 0 Å². The molecule has 0 aliphatic heterocycles. The van der Waals surface area contributed by atoms with Crippen LogP contribution in [0.5, 0.6) is 0 Å². The van der Waals surface area contributed by atoms with Crippen molar-refractivity contribution in [2.24, 2.45) is 0 Å². The Bertz CT molecular complexity index is 280. The fourth-order valence-electron chi connectivity index (χ4n) is 1.20. The van der Waals surface area contributed by atoms with Crippen LogP contribution in [0.4, 0.5) is 0 Å². The van der Waals surface area contributed by atoms with E-state index in [0.717, 1.165) is 5.82 Å². The highest BCUT2D eigenvalue weighted by Gasteiger charge is 2.10. The van der Waals surface area contributed by atoms with Crippen molar-refractivity contribution in [2.45, 2.75) is 26.3 Å². The summed E-state index contributed by atoms with van der Waals surface area (Å²) in [5, 5.41) is 8.54. The number of aryl methyl sites for hydroxylation is 1. The average Bonchev–Trinajstić information content (AvgIpc) is 2.33. The van der Waals surface area contributed by atoms with E-state index in [1.54, 1.807) is 12.4 Å². The van der Waals surface area contributed by atoms with Crippen molar-refractivity contribution in [3.05, 3.63) is 18.2 Å². The molecule has 0 bridgehead atoms. The van der Waals surface area contributed by atoms with Crippen LogP contribution in [0.25, 0.3) is 0 Å². The number of hydrogen-bond acceptors (Lipinski definition) is 2. The molecule has 0 amide bonds. The van der Waals surface area contributed by atoms with E-state index in [4.69, 9.17) is 5.11 Å². The second kappa shape index (κ2) is 3.38. The molecule has 0 radical (unpaired) electrons. The molecule has 0 unspecified atom stereocenters. The number of carboxylic acid groups (broad SMARTS) is 1. The molecule has 4 heteroatoms. The second-order valence-electron chi connectivity index (χ2n) is 2.83. The summed E-state index contributed by atoms with van der Waals surface area (Å²) in [5.41, 5.74) is 0. The maximum Gasteiger partial charge on any atom is 0.305 e. The summed E-state index contributed by atoms with van der Waals surface area (Å²) < 4.78 is 1.86. The van der Waals surface area contributed by atoms with E-state index in [9.17, 15) is 4.79 Å². The van der Waals surface area contributed by atoms with E-state index in [1.807, 2.05) is 18.4 Å². The van der Waals surface area contributed by atoms with Crippen LogP contribution >= 0.6 is 0 Å². The summed E-state index contributed by atoms with van der Waals surface area (Å²) in [5.74, 6) is 0.0688. The summed E-state index contributed by atoms with van der Waals surface area (Å²) in [6.07, 6.45) is 3.60. The van der Waals surface area contributed by atoms with Gasteiger partial charge in [0.25, 0.3) is 0 Å². The van der Waals surface area contributed by atoms with E-state index in [1.165, 1.54) is 0 Å².